The van der Waals surface area contributed by atoms with Crippen molar-refractivity contribution in [1.29, 1.82) is 0 Å². The molecule has 0 saturated heterocycles. The molecule has 0 aliphatic carbocycles. The third kappa shape index (κ3) is 3.59. The molecule has 0 amide bonds. The van der Waals surface area contributed by atoms with Crippen molar-refractivity contribution in [3.05, 3.63) is 33.8 Å². The van der Waals surface area contributed by atoms with Crippen LogP contribution >= 0.6 is 23.2 Å². The van der Waals surface area contributed by atoms with Gasteiger partial charge in [-0.1, -0.05) is 35.0 Å². The SMILES string of the molecule is NCCCC#Cc1cc(Cl)ccc1Cl. The van der Waals surface area contributed by atoms with Crippen LogP contribution in [0.1, 0.15) is 18.4 Å². The van der Waals surface area contributed by atoms with Crippen molar-refractivity contribution in [2.24, 2.45) is 5.73 Å². The molecule has 0 fully saturated rings. The van der Waals surface area contributed by atoms with Crippen LogP contribution in [0.25, 0.3) is 0 Å². The number of nitrogens with two attached hydrogens (primary N) is 1. The van der Waals surface area contributed by atoms with Crippen molar-refractivity contribution >= 4 is 23.2 Å². The van der Waals surface area contributed by atoms with Crippen LogP contribution < -0.4 is 5.73 Å². The molecule has 0 unspecified atom stereocenters. The lowest BCUT2D eigenvalue weighted by Gasteiger charge is -1.95. The highest BCUT2D eigenvalue weighted by Crippen LogP contribution is 2.19. The van der Waals surface area contributed by atoms with Gasteiger partial charge in [0.15, 0.2) is 0 Å². The van der Waals surface area contributed by atoms with Gasteiger partial charge in [0.25, 0.3) is 0 Å². The van der Waals surface area contributed by atoms with Crippen LogP contribution in [0.4, 0.5) is 0 Å². The second-order valence-corrected chi connectivity index (χ2v) is 3.66. The molecule has 0 bridgehead atoms. The smallest absolute Gasteiger partial charge is 0.0563 e. The molecule has 0 atom stereocenters. The Bertz CT molecular complexity index is 363. The fourth-order valence-corrected chi connectivity index (χ4v) is 1.28. The third-order valence-corrected chi connectivity index (χ3v) is 2.22. The van der Waals surface area contributed by atoms with E-state index in [1.54, 1.807) is 18.2 Å². The number of halogens is 2. The standard InChI is InChI=1S/C11H11Cl2N/c12-10-5-6-11(13)9(8-10)4-2-1-3-7-14/h5-6,8H,1,3,7,14H2. The van der Waals surface area contributed by atoms with Gasteiger partial charge in [0, 0.05) is 17.0 Å². The fraction of sp³-hybridized carbons (Fsp3) is 0.273. The van der Waals surface area contributed by atoms with Crippen LogP contribution in [0, 0.1) is 11.8 Å². The summed E-state index contributed by atoms with van der Waals surface area (Å²) < 4.78 is 0. The van der Waals surface area contributed by atoms with Crippen molar-refractivity contribution in [1.82, 2.24) is 0 Å². The highest BCUT2D eigenvalue weighted by atomic mass is 35.5. The molecule has 0 heterocycles. The van der Waals surface area contributed by atoms with Gasteiger partial charge >= 0.3 is 0 Å². The Kier molecular flexibility index (Phi) is 4.82. The summed E-state index contributed by atoms with van der Waals surface area (Å²) in [6.45, 7) is 0.665. The zero-order chi connectivity index (χ0) is 10.4. The molecule has 0 aromatic heterocycles. The first-order valence-corrected chi connectivity index (χ1v) is 5.13. The largest absolute Gasteiger partial charge is 0.330 e. The summed E-state index contributed by atoms with van der Waals surface area (Å²) >= 11 is 11.7. The highest BCUT2D eigenvalue weighted by Gasteiger charge is 1.96. The van der Waals surface area contributed by atoms with Gasteiger partial charge in [-0.05, 0) is 31.2 Å². The topological polar surface area (TPSA) is 26.0 Å². The van der Waals surface area contributed by atoms with E-state index in [0.717, 1.165) is 18.4 Å². The van der Waals surface area contributed by atoms with Crippen molar-refractivity contribution in [2.75, 3.05) is 6.54 Å². The van der Waals surface area contributed by atoms with Crippen molar-refractivity contribution in [3.63, 3.8) is 0 Å². The molecule has 1 aromatic carbocycles. The monoisotopic (exact) mass is 227 g/mol. The average molecular weight is 228 g/mol. The van der Waals surface area contributed by atoms with Crippen LogP contribution in [0.15, 0.2) is 18.2 Å². The Morgan fingerprint density at radius 3 is 2.79 bits per heavy atom. The van der Waals surface area contributed by atoms with Gasteiger partial charge < -0.3 is 5.73 Å². The zero-order valence-electron chi connectivity index (χ0n) is 7.69. The number of unbranched alkanes of at least 4 members (excludes halogenated alkanes) is 1. The maximum Gasteiger partial charge on any atom is 0.0563 e. The molecule has 0 aliphatic rings. The Morgan fingerprint density at radius 2 is 2.07 bits per heavy atom. The lowest BCUT2D eigenvalue weighted by molar-refractivity contribution is 0.870. The Hall–Kier alpha value is -0.680. The minimum absolute atomic E-state index is 0.634. The quantitative estimate of drug-likeness (QED) is 0.610. The molecule has 14 heavy (non-hydrogen) atoms. The van der Waals surface area contributed by atoms with Gasteiger partial charge in [-0.2, -0.15) is 0 Å². The predicted molar refractivity (Wildman–Crippen MR) is 61.6 cm³/mol. The van der Waals surface area contributed by atoms with E-state index in [0.29, 0.717) is 16.6 Å². The predicted octanol–water partition coefficient (Wildman–Crippen LogP) is 3.08. The molecule has 0 saturated carbocycles. The normalized spacial score (nSPS) is 9.36. The molecule has 1 rings (SSSR count). The molecule has 1 nitrogen and oxygen atoms in total. The molecule has 0 spiro atoms. The van der Waals surface area contributed by atoms with Gasteiger partial charge in [0.05, 0.1) is 5.02 Å². The third-order valence-electron chi connectivity index (χ3n) is 1.66. The summed E-state index contributed by atoms with van der Waals surface area (Å²) in [5, 5.41) is 1.28. The van der Waals surface area contributed by atoms with E-state index < -0.39 is 0 Å². The summed E-state index contributed by atoms with van der Waals surface area (Å²) in [6, 6.07) is 5.26. The van der Waals surface area contributed by atoms with Crippen LogP contribution in [0.3, 0.4) is 0 Å². The van der Waals surface area contributed by atoms with Crippen molar-refractivity contribution < 1.29 is 0 Å². The Balaban J connectivity index is 2.73. The first-order valence-electron chi connectivity index (χ1n) is 4.38. The highest BCUT2D eigenvalue weighted by molar-refractivity contribution is 6.33. The van der Waals surface area contributed by atoms with Crippen LogP contribution in [-0.2, 0) is 0 Å². The van der Waals surface area contributed by atoms with Gasteiger partial charge in [-0.25, -0.2) is 0 Å². The first-order chi connectivity index (χ1) is 6.74. The summed E-state index contributed by atoms with van der Waals surface area (Å²) in [4.78, 5) is 0. The second-order valence-electron chi connectivity index (χ2n) is 2.82. The van der Waals surface area contributed by atoms with Gasteiger partial charge in [-0.3, -0.25) is 0 Å². The van der Waals surface area contributed by atoms with Crippen LogP contribution in [0.5, 0.6) is 0 Å². The first kappa shape index (κ1) is 11.4. The van der Waals surface area contributed by atoms with Crippen LogP contribution in [-0.4, -0.2) is 6.54 Å². The summed E-state index contributed by atoms with van der Waals surface area (Å²) in [6.07, 6.45) is 1.70. The number of hydrogen-bond donors (Lipinski definition) is 1. The molecule has 74 valence electrons. The van der Waals surface area contributed by atoms with E-state index in [4.69, 9.17) is 28.9 Å². The molecule has 2 N–H and O–H groups in total. The van der Waals surface area contributed by atoms with E-state index in [9.17, 15) is 0 Å². The Labute approximate surface area is 94.2 Å². The minimum Gasteiger partial charge on any atom is -0.330 e. The lowest BCUT2D eigenvalue weighted by atomic mass is 10.2. The maximum absolute atomic E-state index is 5.92. The summed E-state index contributed by atoms with van der Waals surface area (Å²) in [5.41, 5.74) is 6.12. The second kappa shape index (κ2) is 5.93. The molecule has 0 radical (unpaired) electrons. The maximum atomic E-state index is 5.92. The zero-order valence-corrected chi connectivity index (χ0v) is 9.20. The van der Waals surface area contributed by atoms with E-state index in [-0.39, 0.29) is 0 Å². The fourth-order valence-electron chi connectivity index (χ4n) is 0.941. The Morgan fingerprint density at radius 1 is 1.29 bits per heavy atom. The summed E-state index contributed by atoms with van der Waals surface area (Å²) in [7, 11) is 0. The van der Waals surface area contributed by atoms with Gasteiger partial charge in [-0.15, -0.1) is 0 Å². The molecule has 3 heteroatoms. The van der Waals surface area contributed by atoms with E-state index >= 15 is 0 Å². The average Bonchev–Trinajstić information content (AvgIpc) is 2.18. The van der Waals surface area contributed by atoms with E-state index in [1.807, 2.05) is 0 Å². The van der Waals surface area contributed by atoms with Gasteiger partial charge in [0.1, 0.15) is 0 Å². The minimum atomic E-state index is 0.634. The number of hydrogen-bond acceptors (Lipinski definition) is 1. The summed E-state index contributed by atoms with van der Waals surface area (Å²) in [5.74, 6) is 5.96. The molecular weight excluding hydrogens is 217 g/mol. The number of rotatable bonds is 2. The molecular formula is C11H11Cl2N. The molecule has 1 aromatic rings. The van der Waals surface area contributed by atoms with E-state index in [2.05, 4.69) is 11.8 Å². The molecule has 0 aliphatic heterocycles. The van der Waals surface area contributed by atoms with Crippen molar-refractivity contribution in [3.8, 4) is 11.8 Å². The van der Waals surface area contributed by atoms with E-state index in [1.165, 1.54) is 0 Å². The lowest BCUT2D eigenvalue weighted by Crippen LogP contribution is -1.96. The van der Waals surface area contributed by atoms with Crippen molar-refractivity contribution in [2.45, 2.75) is 12.8 Å². The van der Waals surface area contributed by atoms with Gasteiger partial charge in [0.2, 0.25) is 0 Å². The number of benzene rings is 1. The van der Waals surface area contributed by atoms with Crippen LogP contribution in [0.2, 0.25) is 10.0 Å².